The molecule has 1 N–H and O–H groups in total. The third-order valence-corrected chi connectivity index (χ3v) is 4.67. The second kappa shape index (κ2) is 4.92. The molecule has 0 atom stereocenters. The van der Waals surface area contributed by atoms with Crippen LogP contribution in [0.4, 0.5) is 0 Å². The molecule has 0 saturated heterocycles. The third-order valence-electron chi connectivity index (χ3n) is 3.46. The van der Waals surface area contributed by atoms with E-state index in [0.717, 1.165) is 15.5 Å². The van der Waals surface area contributed by atoms with E-state index < -0.39 is 0 Å². The summed E-state index contributed by atoms with van der Waals surface area (Å²) in [6.45, 7) is 6.50. The average Bonchev–Trinajstić information content (AvgIpc) is 2.42. The van der Waals surface area contributed by atoms with E-state index in [-0.39, 0.29) is 11.2 Å². The van der Waals surface area contributed by atoms with Gasteiger partial charge in [0.05, 0.1) is 15.5 Å². The maximum absolute atomic E-state index is 10.2. The van der Waals surface area contributed by atoms with E-state index in [1.165, 1.54) is 5.56 Å². The van der Waals surface area contributed by atoms with Crippen LogP contribution in [0.25, 0.3) is 22.1 Å². The number of aromatic nitrogens is 2. The summed E-state index contributed by atoms with van der Waals surface area (Å²) >= 11 is 6.80. The van der Waals surface area contributed by atoms with Gasteiger partial charge in [-0.15, -0.1) is 0 Å². The Bertz CT molecular complexity index is 870. The van der Waals surface area contributed by atoms with Gasteiger partial charge in [-0.3, -0.25) is 0 Å². The van der Waals surface area contributed by atoms with Gasteiger partial charge < -0.3 is 5.11 Å². The van der Waals surface area contributed by atoms with Crippen molar-refractivity contribution in [1.82, 2.24) is 9.97 Å². The summed E-state index contributed by atoms with van der Waals surface area (Å²) in [5.74, 6) is 0.113. The fourth-order valence-electron chi connectivity index (χ4n) is 2.21. The number of fused-ring (bicyclic) bond motifs is 2. The summed E-state index contributed by atoms with van der Waals surface area (Å²) in [4.78, 5) is 9.21. The zero-order valence-corrected chi connectivity index (χ0v) is 15.1. The summed E-state index contributed by atoms with van der Waals surface area (Å²) in [5.41, 5.74) is 4.03. The monoisotopic (exact) mass is 408 g/mol. The van der Waals surface area contributed by atoms with Gasteiger partial charge in [-0.2, -0.15) is 0 Å². The molecule has 2 aromatic carbocycles. The Morgan fingerprint density at radius 3 is 2.24 bits per heavy atom. The molecule has 0 saturated carbocycles. The molecule has 0 fully saturated rings. The van der Waals surface area contributed by atoms with E-state index in [1.807, 2.05) is 6.07 Å². The smallest absolute Gasteiger partial charge is 0.157 e. The van der Waals surface area contributed by atoms with Crippen molar-refractivity contribution in [3.8, 4) is 5.75 Å². The minimum absolute atomic E-state index is 0.0594. The molecule has 0 amide bonds. The standard InChI is InChI=1S/C16H14Br2N2O/c1-16(2,3)8-4-5-11-12(6-8)20-13-9(17)7-10(18)15(21)14(13)19-11/h4-7,21H,1-3H3. The summed E-state index contributed by atoms with van der Waals surface area (Å²) < 4.78 is 1.40. The molecule has 1 aromatic heterocycles. The molecule has 5 heteroatoms. The molecule has 0 aliphatic rings. The van der Waals surface area contributed by atoms with Crippen LogP contribution < -0.4 is 0 Å². The van der Waals surface area contributed by atoms with Crippen LogP contribution in [0.15, 0.2) is 33.2 Å². The van der Waals surface area contributed by atoms with E-state index in [9.17, 15) is 5.11 Å². The van der Waals surface area contributed by atoms with Gasteiger partial charge in [0.25, 0.3) is 0 Å². The second-order valence-corrected chi connectivity index (χ2v) is 7.77. The lowest BCUT2D eigenvalue weighted by Gasteiger charge is -2.19. The molecule has 3 nitrogen and oxygen atoms in total. The number of nitrogens with zero attached hydrogens (tertiary/aromatic N) is 2. The first-order valence-electron chi connectivity index (χ1n) is 6.56. The SMILES string of the molecule is CC(C)(C)c1ccc2nc3c(O)c(Br)cc(Br)c3nc2c1. The van der Waals surface area contributed by atoms with Gasteiger partial charge in [-0.05, 0) is 61.0 Å². The molecule has 1 heterocycles. The minimum atomic E-state index is 0.0594. The highest BCUT2D eigenvalue weighted by Crippen LogP contribution is 2.37. The molecular formula is C16H14Br2N2O. The average molecular weight is 410 g/mol. The normalized spacial score (nSPS) is 12.2. The minimum Gasteiger partial charge on any atom is -0.504 e. The highest BCUT2D eigenvalue weighted by atomic mass is 79.9. The van der Waals surface area contributed by atoms with Crippen LogP contribution in [0.1, 0.15) is 26.3 Å². The van der Waals surface area contributed by atoms with Gasteiger partial charge in [0.2, 0.25) is 0 Å². The first kappa shape index (κ1) is 14.7. The van der Waals surface area contributed by atoms with Gasteiger partial charge in [-0.1, -0.05) is 26.8 Å². The van der Waals surface area contributed by atoms with Crippen molar-refractivity contribution in [3.05, 3.63) is 38.8 Å². The first-order chi connectivity index (χ1) is 9.77. The molecule has 3 aromatic rings. The molecule has 0 aliphatic carbocycles. The summed E-state index contributed by atoms with van der Waals surface area (Å²) in [6, 6.07) is 7.86. The van der Waals surface area contributed by atoms with Crippen LogP contribution in [0, 0.1) is 0 Å². The van der Waals surface area contributed by atoms with Crippen LogP contribution in [0.5, 0.6) is 5.75 Å². The Morgan fingerprint density at radius 2 is 1.57 bits per heavy atom. The summed E-state index contributed by atoms with van der Waals surface area (Å²) in [6.07, 6.45) is 0. The van der Waals surface area contributed by atoms with Crippen molar-refractivity contribution in [1.29, 1.82) is 0 Å². The van der Waals surface area contributed by atoms with Crippen molar-refractivity contribution >= 4 is 53.9 Å². The molecule has 0 bridgehead atoms. The number of rotatable bonds is 0. The molecule has 0 spiro atoms. The van der Waals surface area contributed by atoms with Crippen LogP contribution >= 0.6 is 31.9 Å². The Hall–Kier alpha value is -1.20. The molecule has 21 heavy (non-hydrogen) atoms. The van der Waals surface area contributed by atoms with Crippen molar-refractivity contribution in [3.63, 3.8) is 0 Å². The number of aromatic hydroxyl groups is 1. The Labute approximate surface area is 139 Å². The number of phenolic OH excluding ortho intramolecular Hbond substituents is 1. The van der Waals surface area contributed by atoms with Crippen molar-refractivity contribution in [2.45, 2.75) is 26.2 Å². The molecule has 108 valence electrons. The molecular weight excluding hydrogens is 396 g/mol. The lowest BCUT2D eigenvalue weighted by molar-refractivity contribution is 0.477. The Balaban J connectivity index is 2.38. The van der Waals surface area contributed by atoms with E-state index in [0.29, 0.717) is 15.5 Å². The van der Waals surface area contributed by atoms with Gasteiger partial charge in [0.1, 0.15) is 11.0 Å². The second-order valence-electron chi connectivity index (χ2n) is 6.06. The fourth-order valence-corrected chi connectivity index (χ4v) is 3.44. The lowest BCUT2D eigenvalue weighted by Crippen LogP contribution is -2.10. The van der Waals surface area contributed by atoms with Crippen molar-refractivity contribution in [2.24, 2.45) is 0 Å². The van der Waals surface area contributed by atoms with E-state index in [2.05, 4.69) is 74.7 Å². The lowest BCUT2D eigenvalue weighted by atomic mass is 9.87. The van der Waals surface area contributed by atoms with Crippen LogP contribution in [-0.2, 0) is 5.41 Å². The van der Waals surface area contributed by atoms with Gasteiger partial charge in [0, 0.05) is 4.47 Å². The molecule has 0 radical (unpaired) electrons. The zero-order valence-electron chi connectivity index (χ0n) is 11.9. The zero-order chi connectivity index (χ0) is 15.4. The van der Waals surface area contributed by atoms with Crippen LogP contribution in [0.2, 0.25) is 0 Å². The first-order valence-corrected chi connectivity index (χ1v) is 8.15. The van der Waals surface area contributed by atoms with E-state index in [4.69, 9.17) is 0 Å². The number of benzene rings is 2. The van der Waals surface area contributed by atoms with Crippen molar-refractivity contribution < 1.29 is 5.11 Å². The molecule has 3 rings (SSSR count). The predicted octanol–water partition coefficient (Wildman–Crippen LogP) is 5.31. The fraction of sp³-hybridized carbons (Fsp3) is 0.250. The third kappa shape index (κ3) is 2.53. The van der Waals surface area contributed by atoms with Crippen LogP contribution in [0.3, 0.4) is 0 Å². The van der Waals surface area contributed by atoms with E-state index in [1.54, 1.807) is 6.07 Å². The van der Waals surface area contributed by atoms with Gasteiger partial charge >= 0.3 is 0 Å². The number of hydrogen-bond donors (Lipinski definition) is 1. The maximum Gasteiger partial charge on any atom is 0.157 e. The maximum atomic E-state index is 10.2. The largest absolute Gasteiger partial charge is 0.504 e. The molecule has 0 unspecified atom stereocenters. The van der Waals surface area contributed by atoms with Crippen molar-refractivity contribution in [2.75, 3.05) is 0 Å². The summed E-state index contributed by atoms with van der Waals surface area (Å²) in [5, 5.41) is 10.2. The van der Waals surface area contributed by atoms with Gasteiger partial charge in [-0.25, -0.2) is 9.97 Å². The predicted molar refractivity (Wildman–Crippen MR) is 92.8 cm³/mol. The van der Waals surface area contributed by atoms with Crippen LogP contribution in [-0.4, -0.2) is 15.1 Å². The number of halogens is 2. The summed E-state index contributed by atoms with van der Waals surface area (Å²) in [7, 11) is 0. The highest BCUT2D eigenvalue weighted by molar-refractivity contribution is 9.11. The highest BCUT2D eigenvalue weighted by Gasteiger charge is 2.16. The van der Waals surface area contributed by atoms with Gasteiger partial charge in [0.15, 0.2) is 5.75 Å². The Morgan fingerprint density at radius 1 is 0.905 bits per heavy atom. The Kier molecular flexibility index (Phi) is 3.45. The number of phenols is 1. The quantitative estimate of drug-likeness (QED) is 0.511. The topological polar surface area (TPSA) is 46.0 Å². The number of hydrogen-bond acceptors (Lipinski definition) is 3. The van der Waals surface area contributed by atoms with E-state index >= 15 is 0 Å². The molecule has 0 aliphatic heterocycles.